The molecule has 1 atom stereocenters. The fourth-order valence-electron chi connectivity index (χ4n) is 3.19. The van der Waals surface area contributed by atoms with Crippen molar-refractivity contribution in [1.82, 2.24) is 5.32 Å². The van der Waals surface area contributed by atoms with E-state index in [1.807, 2.05) is 23.9 Å². The molecule has 1 aliphatic carbocycles. The Balaban J connectivity index is 1.56. The van der Waals surface area contributed by atoms with Crippen LogP contribution >= 0.6 is 11.8 Å². The first-order chi connectivity index (χ1) is 11.6. The van der Waals surface area contributed by atoms with Crippen molar-refractivity contribution in [3.05, 3.63) is 24.3 Å². The normalized spacial score (nSPS) is 17.2. The standard InChI is InChI=1S/C20H33NO2S/c1-16(2)24-20-10-8-19(9-11-20)23-15-18(22)14-21-13-12-17-6-4-3-5-7-17/h8-11,16-18,21-22H,3-7,12-15H2,1-2H3. The van der Waals surface area contributed by atoms with Crippen LogP contribution in [0.1, 0.15) is 52.4 Å². The Kier molecular flexibility index (Phi) is 9.00. The van der Waals surface area contributed by atoms with Gasteiger partial charge in [0.05, 0.1) is 0 Å². The van der Waals surface area contributed by atoms with E-state index >= 15 is 0 Å². The SMILES string of the molecule is CC(C)Sc1ccc(OCC(O)CNCCC2CCCCC2)cc1. The number of aliphatic hydroxyl groups is 1. The molecule has 1 unspecified atom stereocenters. The Bertz CT molecular complexity index is 443. The highest BCUT2D eigenvalue weighted by Crippen LogP contribution is 2.26. The van der Waals surface area contributed by atoms with E-state index < -0.39 is 6.10 Å². The molecule has 4 heteroatoms. The topological polar surface area (TPSA) is 41.5 Å². The van der Waals surface area contributed by atoms with E-state index in [-0.39, 0.29) is 0 Å². The Morgan fingerprint density at radius 2 is 1.88 bits per heavy atom. The number of aliphatic hydroxyl groups excluding tert-OH is 1. The Morgan fingerprint density at radius 3 is 2.54 bits per heavy atom. The van der Waals surface area contributed by atoms with Crippen LogP contribution in [0.5, 0.6) is 5.75 Å². The molecule has 0 aliphatic heterocycles. The molecule has 2 rings (SSSR count). The molecule has 1 saturated carbocycles. The Hall–Kier alpha value is -0.710. The lowest BCUT2D eigenvalue weighted by molar-refractivity contribution is 0.106. The fraction of sp³-hybridized carbons (Fsp3) is 0.700. The van der Waals surface area contributed by atoms with Crippen LogP contribution < -0.4 is 10.1 Å². The highest BCUT2D eigenvalue weighted by molar-refractivity contribution is 7.99. The van der Waals surface area contributed by atoms with Crippen LogP contribution in [0, 0.1) is 5.92 Å². The van der Waals surface area contributed by atoms with Crippen LogP contribution in [-0.2, 0) is 0 Å². The molecule has 0 saturated heterocycles. The summed E-state index contributed by atoms with van der Waals surface area (Å²) < 4.78 is 5.68. The van der Waals surface area contributed by atoms with Crippen molar-refractivity contribution in [3.63, 3.8) is 0 Å². The van der Waals surface area contributed by atoms with Gasteiger partial charge in [0.2, 0.25) is 0 Å². The van der Waals surface area contributed by atoms with Crippen molar-refractivity contribution >= 4 is 11.8 Å². The number of benzene rings is 1. The molecule has 0 radical (unpaired) electrons. The van der Waals surface area contributed by atoms with E-state index in [1.165, 1.54) is 43.4 Å². The second-order valence-electron chi connectivity index (χ2n) is 7.10. The van der Waals surface area contributed by atoms with Gasteiger partial charge in [0.1, 0.15) is 18.5 Å². The quantitative estimate of drug-likeness (QED) is 0.481. The number of ether oxygens (including phenoxy) is 1. The average molecular weight is 352 g/mol. The lowest BCUT2D eigenvalue weighted by atomic mass is 9.87. The zero-order valence-corrected chi connectivity index (χ0v) is 16.0. The maximum absolute atomic E-state index is 10.0. The van der Waals surface area contributed by atoms with Gasteiger partial charge in [0.25, 0.3) is 0 Å². The summed E-state index contributed by atoms with van der Waals surface area (Å²) in [5.74, 6) is 1.71. The summed E-state index contributed by atoms with van der Waals surface area (Å²) in [6.45, 7) is 6.32. The first kappa shape index (κ1) is 19.6. The van der Waals surface area contributed by atoms with Gasteiger partial charge in [-0.3, -0.25) is 0 Å². The first-order valence-electron chi connectivity index (χ1n) is 9.42. The lowest BCUT2D eigenvalue weighted by Crippen LogP contribution is -2.32. The third-order valence-electron chi connectivity index (χ3n) is 4.47. The molecule has 1 aliphatic rings. The first-order valence-corrected chi connectivity index (χ1v) is 10.3. The molecule has 0 heterocycles. The van der Waals surface area contributed by atoms with Crippen molar-refractivity contribution in [2.45, 2.75) is 68.6 Å². The van der Waals surface area contributed by atoms with Gasteiger partial charge in [-0.1, -0.05) is 46.0 Å². The monoisotopic (exact) mass is 351 g/mol. The van der Waals surface area contributed by atoms with Crippen LogP contribution in [0.25, 0.3) is 0 Å². The van der Waals surface area contributed by atoms with Gasteiger partial charge in [-0.2, -0.15) is 0 Å². The van der Waals surface area contributed by atoms with E-state index in [1.54, 1.807) is 0 Å². The molecule has 3 nitrogen and oxygen atoms in total. The minimum Gasteiger partial charge on any atom is -0.491 e. The van der Waals surface area contributed by atoms with Crippen LogP contribution in [-0.4, -0.2) is 36.2 Å². The molecule has 0 aromatic heterocycles. The lowest BCUT2D eigenvalue weighted by Gasteiger charge is -2.21. The van der Waals surface area contributed by atoms with Gasteiger partial charge < -0.3 is 15.2 Å². The summed E-state index contributed by atoms with van der Waals surface area (Å²) in [5.41, 5.74) is 0. The molecule has 1 aromatic carbocycles. The molecular weight excluding hydrogens is 318 g/mol. The summed E-state index contributed by atoms with van der Waals surface area (Å²) >= 11 is 1.84. The van der Waals surface area contributed by atoms with E-state index in [4.69, 9.17) is 4.74 Å². The predicted octanol–water partition coefficient (Wildman–Crippen LogP) is 4.49. The Morgan fingerprint density at radius 1 is 1.17 bits per heavy atom. The van der Waals surface area contributed by atoms with Gasteiger partial charge in [0.15, 0.2) is 0 Å². The fourth-order valence-corrected chi connectivity index (χ4v) is 4.03. The van der Waals surface area contributed by atoms with E-state index in [0.29, 0.717) is 18.4 Å². The van der Waals surface area contributed by atoms with Gasteiger partial charge in [-0.25, -0.2) is 0 Å². The van der Waals surface area contributed by atoms with Crippen LogP contribution in [0.2, 0.25) is 0 Å². The van der Waals surface area contributed by atoms with E-state index in [2.05, 4.69) is 31.3 Å². The maximum atomic E-state index is 10.0. The smallest absolute Gasteiger partial charge is 0.119 e. The number of hydrogen-bond acceptors (Lipinski definition) is 4. The van der Waals surface area contributed by atoms with Crippen LogP contribution in [0.4, 0.5) is 0 Å². The van der Waals surface area contributed by atoms with Crippen molar-refractivity contribution in [1.29, 1.82) is 0 Å². The molecule has 136 valence electrons. The highest BCUT2D eigenvalue weighted by atomic mass is 32.2. The summed E-state index contributed by atoms with van der Waals surface area (Å²) in [6.07, 6.45) is 7.77. The minimum atomic E-state index is -0.457. The van der Waals surface area contributed by atoms with Crippen molar-refractivity contribution in [2.75, 3.05) is 19.7 Å². The second-order valence-corrected chi connectivity index (χ2v) is 8.75. The molecule has 0 bridgehead atoms. The molecule has 0 amide bonds. The minimum absolute atomic E-state index is 0.340. The third-order valence-corrected chi connectivity index (χ3v) is 5.49. The number of hydrogen-bond donors (Lipinski definition) is 2. The van der Waals surface area contributed by atoms with Crippen molar-refractivity contribution in [3.8, 4) is 5.75 Å². The van der Waals surface area contributed by atoms with Gasteiger partial charge in [-0.05, 0) is 43.1 Å². The largest absolute Gasteiger partial charge is 0.491 e. The van der Waals surface area contributed by atoms with E-state index in [9.17, 15) is 5.11 Å². The van der Waals surface area contributed by atoms with Gasteiger partial charge >= 0.3 is 0 Å². The molecule has 1 fully saturated rings. The third kappa shape index (κ3) is 7.91. The van der Waals surface area contributed by atoms with Crippen LogP contribution in [0.15, 0.2) is 29.2 Å². The molecule has 0 spiro atoms. The molecular formula is C20H33NO2S. The Labute approximate surface area is 151 Å². The zero-order chi connectivity index (χ0) is 17.2. The van der Waals surface area contributed by atoms with E-state index in [0.717, 1.165) is 18.2 Å². The molecule has 2 N–H and O–H groups in total. The van der Waals surface area contributed by atoms with Crippen LogP contribution in [0.3, 0.4) is 0 Å². The number of nitrogens with one attached hydrogen (secondary N) is 1. The maximum Gasteiger partial charge on any atom is 0.119 e. The molecule has 1 aromatic rings. The number of thioether (sulfide) groups is 1. The van der Waals surface area contributed by atoms with Gasteiger partial charge in [0, 0.05) is 16.7 Å². The summed E-state index contributed by atoms with van der Waals surface area (Å²) in [6, 6.07) is 8.12. The molecule has 24 heavy (non-hydrogen) atoms. The van der Waals surface area contributed by atoms with Gasteiger partial charge in [-0.15, -0.1) is 11.8 Å². The highest BCUT2D eigenvalue weighted by Gasteiger charge is 2.13. The predicted molar refractivity (Wildman–Crippen MR) is 103 cm³/mol. The second kappa shape index (κ2) is 11.0. The average Bonchev–Trinajstić information content (AvgIpc) is 2.58. The van der Waals surface area contributed by atoms with Crippen molar-refractivity contribution in [2.24, 2.45) is 5.92 Å². The zero-order valence-electron chi connectivity index (χ0n) is 15.2. The summed E-state index contributed by atoms with van der Waals surface area (Å²) in [7, 11) is 0. The summed E-state index contributed by atoms with van der Waals surface area (Å²) in [4.78, 5) is 1.25. The summed E-state index contributed by atoms with van der Waals surface area (Å²) in [5, 5.41) is 14.0. The van der Waals surface area contributed by atoms with Crippen molar-refractivity contribution < 1.29 is 9.84 Å². The number of rotatable bonds is 10.